The van der Waals surface area contributed by atoms with E-state index in [1.165, 1.54) is 0 Å². The summed E-state index contributed by atoms with van der Waals surface area (Å²) in [4.78, 5) is 16.0. The van der Waals surface area contributed by atoms with E-state index in [0.717, 1.165) is 45.0 Å². The van der Waals surface area contributed by atoms with Gasteiger partial charge >= 0.3 is 0 Å². The van der Waals surface area contributed by atoms with Crippen LogP contribution in [0.5, 0.6) is 0 Å². The highest BCUT2D eigenvalue weighted by Crippen LogP contribution is 2.22. The molecule has 0 amide bonds. The summed E-state index contributed by atoms with van der Waals surface area (Å²) < 4.78 is 0. The Morgan fingerprint density at radius 1 is 1.28 bits per heavy atom. The summed E-state index contributed by atoms with van der Waals surface area (Å²) in [5.41, 5.74) is 0.423. The quantitative estimate of drug-likeness (QED) is 0.759. The highest BCUT2D eigenvalue weighted by Gasteiger charge is 2.28. The molecule has 3 rings (SSSR count). The summed E-state index contributed by atoms with van der Waals surface area (Å²) in [6.45, 7) is 5.98. The smallest absolute Gasteiger partial charge is 0.285 e. The number of aromatic nitrogens is 2. The SMILES string of the molecule is O=c1[nH]ncc(N2CCN(C3CNC3)CC2)c1Cl. The second kappa shape index (κ2) is 4.87. The minimum Gasteiger partial charge on any atom is -0.366 e. The minimum absolute atomic E-state index is 0.240. The molecule has 0 aliphatic carbocycles. The van der Waals surface area contributed by atoms with Crippen molar-refractivity contribution in [3.63, 3.8) is 0 Å². The highest BCUT2D eigenvalue weighted by molar-refractivity contribution is 6.32. The molecule has 0 atom stereocenters. The molecule has 2 N–H and O–H groups in total. The summed E-state index contributed by atoms with van der Waals surface area (Å²) in [6, 6.07) is 0.680. The number of hydrogen-bond donors (Lipinski definition) is 2. The maximum absolute atomic E-state index is 11.4. The third-order valence-electron chi connectivity index (χ3n) is 3.71. The Labute approximate surface area is 110 Å². The minimum atomic E-state index is -0.320. The van der Waals surface area contributed by atoms with E-state index in [4.69, 9.17) is 11.6 Å². The molecule has 1 aromatic heterocycles. The Hall–Kier alpha value is -1.11. The van der Waals surface area contributed by atoms with Crippen LogP contribution in [0.2, 0.25) is 5.02 Å². The van der Waals surface area contributed by atoms with Gasteiger partial charge in [-0.05, 0) is 0 Å². The number of piperazine rings is 1. The fourth-order valence-electron chi connectivity index (χ4n) is 2.45. The van der Waals surface area contributed by atoms with E-state index < -0.39 is 0 Å². The van der Waals surface area contributed by atoms with E-state index in [1.807, 2.05) is 0 Å². The van der Waals surface area contributed by atoms with Gasteiger partial charge in [-0.1, -0.05) is 11.6 Å². The van der Waals surface area contributed by atoms with Crippen LogP contribution in [0.25, 0.3) is 0 Å². The number of nitrogens with zero attached hydrogens (tertiary/aromatic N) is 3. The second-order valence-electron chi connectivity index (χ2n) is 4.73. The maximum Gasteiger partial charge on any atom is 0.285 e. The van der Waals surface area contributed by atoms with Crippen molar-refractivity contribution < 1.29 is 0 Å². The van der Waals surface area contributed by atoms with E-state index in [-0.39, 0.29) is 10.6 Å². The van der Waals surface area contributed by atoms with Crippen molar-refractivity contribution in [2.45, 2.75) is 6.04 Å². The zero-order valence-corrected chi connectivity index (χ0v) is 10.8. The number of anilines is 1. The number of aromatic amines is 1. The lowest BCUT2D eigenvalue weighted by molar-refractivity contribution is 0.138. The normalized spacial score (nSPS) is 21.9. The molecular formula is C11H16ClN5O. The fraction of sp³-hybridized carbons (Fsp3) is 0.636. The second-order valence-corrected chi connectivity index (χ2v) is 5.11. The number of hydrogen-bond acceptors (Lipinski definition) is 5. The van der Waals surface area contributed by atoms with Crippen molar-refractivity contribution in [1.29, 1.82) is 0 Å². The molecule has 18 heavy (non-hydrogen) atoms. The van der Waals surface area contributed by atoms with Crippen molar-refractivity contribution in [1.82, 2.24) is 20.4 Å². The molecule has 1 aromatic rings. The van der Waals surface area contributed by atoms with Crippen molar-refractivity contribution in [2.24, 2.45) is 0 Å². The summed E-state index contributed by atoms with van der Waals surface area (Å²) in [6.07, 6.45) is 1.63. The van der Waals surface area contributed by atoms with Crippen LogP contribution in [-0.4, -0.2) is 60.4 Å². The molecule has 98 valence electrons. The van der Waals surface area contributed by atoms with Crippen LogP contribution in [0.1, 0.15) is 0 Å². The number of halogens is 1. The first-order chi connectivity index (χ1) is 8.75. The van der Waals surface area contributed by atoms with Crippen LogP contribution >= 0.6 is 11.6 Å². The van der Waals surface area contributed by atoms with Crippen molar-refractivity contribution in [3.8, 4) is 0 Å². The summed E-state index contributed by atoms with van der Waals surface area (Å²) >= 11 is 6.01. The van der Waals surface area contributed by atoms with Gasteiger partial charge in [0.15, 0.2) is 0 Å². The zero-order valence-electron chi connectivity index (χ0n) is 10.0. The van der Waals surface area contributed by atoms with Gasteiger partial charge in [0.1, 0.15) is 5.02 Å². The lowest BCUT2D eigenvalue weighted by atomic mass is 10.1. The van der Waals surface area contributed by atoms with Gasteiger partial charge in [-0.2, -0.15) is 5.10 Å². The van der Waals surface area contributed by atoms with Gasteiger partial charge in [-0.25, -0.2) is 5.10 Å². The van der Waals surface area contributed by atoms with E-state index in [2.05, 4.69) is 25.3 Å². The van der Waals surface area contributed by atoms with Crippen molar-refractivity contribution in [2.75, 3.05) is 44.2 Å². The van der Waals surface area contributed by atoms with Gasteiger partial charge < -0.3 is 10.2 Å². The molecule has 0 spiro atoms. The third kappa shape index (κ3) is 2.11. The molecule has 2 fully saturated rings. The molecule has 2 aliphatic heterocycles. The molecule has 0 aromatic carbocycles. The summed E-state index contributed by atoms with van der Waals surface area (Å²) in [7, 11) is 0. The first-order valence-corrected chi connectivity index (χ1v) is 6.56. The summed E-state index contributed by atoms with van der Waals surface area (Å²) in [5.74, 6) is 0. The van der Waals surface area contributed by atoms with Gasteiger partial charge in [0.2, 0.25) is 0 Å². The van der Waals surface area contributed by atoms with Crippen LogP contribution in [0.15, 0.2) is 11.0 Å². The molecule has 2 saturated heterocycles. The third-order valence-corrected chi connectivity index (χ3v) is 4.07. The average Bonchev–Trinajstić information content (AvgIpc) is 2.32. The largest absolute Gasteiger partial charge is 0.366 e. The van der Waals surface area contributed by atoms with Gasteiger partial charge in [-0.3, -0.25) is 9.69 Å². The van der Waals surface area contributed by atoms with Crippen LogP contribution < -0.4 is 15.8 Å². The van der Waals surface area contributed by atoms with Crippen molar-refractivity contribution in [3.05, 3.63) is 21.6 Å². The highest BCUT2D eigenvalue weighted by atomic mass is 35.5. The molecule has 2 aliphatic rings. The molecule has 3 heterocycles. The van der Waals surface area contributed by atoms with Gasteiger partial charge in [-0.15, -0.1) is 0 Å². The van der Waals surface area contributed by atoms with Crippen LogP contribution in [0.4, 0.5) is 5.69 Å². The Morgan fingerprint density at radius 3 is 2.61 bits per heavy atom. The Morgan fingerprint density at radius 2 is 2.00 bits per heavy atom. The Kier molecular flexibility index (Phi) is 3.23. The van der Waals surface area contributed by atoms with E-state index >= 15 is 0 Å². The molecule has 0 unspecified atom stereocenters. The Bertz CT molecular complexity index is 479. The maximum atomic E-state index is 11.4. The lowest BCUT2D eigenvalue weighted by Gasteiger charge is -2.43. The molecule has 0 bridgehead atoms. The lowest BCUT2D eigenvalue weighted by Crippen LogP contribution is -2.61. The molecule has 7 heteroatoms. The van der Waals surface area contributed by atoms with E-state index in [0.29, 0.717) is 6.04 Å². The molecular weight excluding hydrogens is 254 g/mol. The van der Waals surface area contributed by atoms with Crippen LogP contribution in [0.3, 0.4) is 0 Å². The number of H-pyrrole nitrogens is 1. The van der Waals surface area contributed by atoms with Gasteiger partial charge in [0.05, 0.1) is 11.9 Å². The van der Waals surface area contributed by atoms with Gasteiger partial charge in [0, 0.05) is 45.3 Å². The monoisotopic (exact) mass is 269 g/mol. The fourth-order valence-corrected chi connectivity index (χ4v) is 2.66. The summed E-state index contributed by atoms with van der Waals surface area (Å²) in [5, 5.41) is 9.68. The number of rotatable bonds is 2. The molecule has 0 saturated carbocycles. The van der Waals surface area contributed by atoms with E-state index in [9.17, 15) is 4.79 Å². The predicted octanol–water partition coefficient (Wildman–Crippen LogP) is -0.483. The standard InChI is InChI=1S/C11H16ClN5O/c12-10-9(7-14-15-11(10)18)17-3-1-16(2-4-17)8-5-13-6-8/h7-8,13H,1-6H2,(H,15,18). The Balaban J connectivity index is 1.68. The number of nitrogens with one attached hydrogen (secondary N) is 2. The van der Waals surface area contributed by atoms with Gasteiger partial charge in [0.25, 0.3) is 5.56 Å². The molecule has 6 nitrogen and oxygen atoms in total. The van der Waals surface area contributed by atoms with Crippen LogP contribution in [-0.2, 0) is 0 Å². The van der Waals surface area contributed by atoms with Crippen molar-refractivity contribution >= 4 is 17.3 Å². The average molecular weight is 270 g/mol. The first-order valence-electron chi connectivity index (χ1n) is 6.18. The van der Waals surface area contributed by atoms with E-state index in [1.54, 1.807) is 6.20 Å². The van der Waals surface area contributed by atoms with Crippen LogP contribution in [0, 0.1) is 0 Å². The first kappa shape index (κ1) is 12.0. The zero-order chi connectivity index (χ0) is 12.5. The molecule has 0 radical (unpaired) electrons. The predicted molar refractivity (Wildman–Crippen MR) is 70.3 cm³/mol. The topological polar surface area (TPSA) is 64.3 Å².